The first kappa shape index (κ1) is 11.5. The molecule has 4 nitrogen and oxygen atoms in total. The lowest BCUT2D eigenvalue weighted by Crippen LogP contribution is -2.26. The van der Waals surface area contributed by atoms with Gasteiger partial charge in [0.05, 0.1) is 0 Å². The quantitative estimate of drug-likeness (QED) is 0.897. The number of nitrogens with one attached hydrogen (secondary N) is 1. The van der Waals surface area contributed by atoms with E-state index in [-0.39, 0.29) is 0 Å². The van der Waals surface area contributed by atoms with E-state index in [1.54, 1.807) is 11.3 Å². The molecule has 2 aromatic rings. The van der Waals surface area contributed by atoms with Crippen LogP contribution in [0.1, 0.15) is 18.4 Å². The minimum Gasteiger partial charge on any atom is -0.357 e. The van der Waals surface area contributed by atoms with Crippen molar-refractivity contribution < 1.29 is 0 Å². The van der Waals surface area contributed by atoms with Crippen LogP contribution in [0.3, 0.4) is 0 Å². The van der Waals surface area contributed by atoms with Crippen molar-refractivity contribution in [2.45, 2.75) is 25.4 Å². The number of aromatic nitrogens is 2. The van der Waals surface area contributed by atoms with Gasteiger partial charge in [0.25, 0.3) is 0 Å². The van der Waals surface area contributed by atoms with Gasteiger partial charge >= 0.3 is 0 Å². The molecule has 1 fully saturated rings. The minimum atomic E-state index is 0.643. The zero-order valence-electron chi connectivity index (χ0n) is 10.3. The molecule has 94 valence electrons. The third-order valence-corrected chi connectivity index (χ3v) is 3.81. The van der Waals surface area contributed by atoms with E-state index < -0.39 is 0 Å². The van der Waals surface area contributed by atoms with Crippen LogP contribution in [0, 0.1) is 0 Å². The van der Waals surface area contributed by atoms with Gasteiger partial charge in [-0.25, -0.2) is 4.98 Å². The van der Waals surface area contributed by atoms with Crippen molar-refractivity contribution in [3.63, 3.8) is 0 Å². The number of hydrogen-bond donors (Lipinski definition) is 1. The summed E-state index contributed by atoms with van der Waals surface area (Å²) in [6.07, 6.45) is 4.35. The second-order valence-electron chi connectivity index (χ2n) is 4.48. The van der Waals surface area contributed by atoms with Crippen LogP contribution in [-0.4, -0.2) is 23.1 Å². The van der Waals surface area contributed by atoms with Crippen LogP contribution in [0.2, 0.25) is 0 Å². The van der Waals surface area contributed by atoms with Crippen molar-refractivity contribution in [1.29, 1.82) is 0 Å². The van der Waals surface area contributed by atoms with Gasteiger partial charge in [-0.3, -0.25) is 0 Å². The highest BCUT2D eigenvalue weighted by molar-refractivity contribution is 7.07. The zero-order chi connectivity index (χ0) is 12.4. The Kier molecular flexibility index (Phi) is 3.15. The van der Waals surface area contributed by atoms with Gasteiger partial charge in [0.1, 0.15) is 5.82 Å². The normalized spacial score (nSPS) is 14.5. The SMILES string of the molecule is CNc1nccc(N(Cc2ccsc2)C2CC2)n1. The molecule has 0 unspecified atom stereocenters. The van der Waals surface area contributed by atoms with Crippen molar-refractivity contribution in [3.05, 3.63) is 34.7 Å². The van der Waals surface area contributed by atoms with Crippen LogP contribution < -0.4 is 10.2 Å². The van der Waals surface area contributed by atoms with E-state index in [1.807, 2.05) is 19.3 Å². The van der Waals surface area contributed by atoms with Crippen molar-refractivity contribution in [2.75, 3.05) is 17.3 Å². The van der Waals surface area contributed by atoms with Crippen molar-refractivity contribution >= 4 is 23.1 Å². The molecule has 18 heavy (non-hydrogen) atoms. The summed E-state index contributed by atoms with van der Waals surface area (Å²) in [6, 6.07) is 4.82. The summed E-state index contributed by atoms with van der Waals surface area (Å²) in [5.41, 5.74) is 1.36. The van der Waals surface area contributed by atoms with Gasteiger partial charge in [0, 0.05) is 25.8 Å². The van der Waals surface area contributed by atoms with Crippen LogP contribution >= 0.6 is 11.3 Å². The van der Waals surface area contributed by atoms with E-state index in [0.29, 0.717) is 12.0 Å². The van der Waals surface area contributed by atoms with Gasteiger partial charge in [0.15, 0.2) is 0 Å². The first-order chi connectivity index (χ1) is 8.86. The Bertz CT molecular complexity index is 507. The van der Waals surface area contributed by atoms with E-state index in [2.05, 4.69) is 37.0 Å². The highest BCUT2D eigenvalue weighted by Gasteiger charge is 2.30. The minimum absolute atomic E-state index is 0.643. The molecule has 1 aliphatic rings. The molecule has 1 N–H and O–H groups in total. The average molecular weight is 260 g/mol. The lowest BCUT2D eigenvalue weighted by molar-refractivity contribution is 0.778. The summed E-state index contributed by atoms with van der Waals surface area (Å²) in [7, 11) is 1.85. The number of anilines is 2. The van der Waals surface area contributed by atoms with E-state index in [0.717, 1.165) is 12.4 Å². The molecule has 0 atom stereocenters. The molecular formula is C13H16N4S. The lowest BCUT2D eigenvalue weighted by atomic mass is 10.3. The fourth-order valence-corrected chi connectivity index (χ4v) is 2.65. The van der Waals surface area contributed by atoms with E-state index >= 15 is 0 Å². The lowest BCUT2D eigenvalue weighted by Gasteiger charge is -2.23. The molecule has 5 heteroatoms. The molecule has 2 heterocycles. The number of rotatable bonds is 5. The molecule has 1 aliphatic carbocycles. The third-order valence-electron chi connectivity index (χ3n) is 3.08. The molecular weight excluding hydrogens is 244 g/mol. The standard InChI is InChI=1S/C13H16N4S/c1-14-13-15-6-4-12(16-13)17(11-2-3-11)8-10-5-7-18-9-10/h4-7,9,11H,2-3,8H2,1H3,(H,14,15,16). The molecule has 0 radical (unpaired) electrons. The Morgan fingerprint density at radius 2 is 2.33 bits per heavy atom. The molecule has 0 aliphatic heterocycles. The smallest absolute Gasteiger partial charge is 0.224 e. The number of nitrogens with zero attached hydrogens (tertiary/aromatic N) is 3. The largest absolute Gasteiger partial charge is 0.357 e. The summed E-state index contributed by atoms with van der Waals surface area (Å²) in [5.74, 6) is 1.70. The monoisotopic (exact) mass is 260 g/mol. The molecule has 3 rings (SSSR count). The van der Waals surface area contributed by atoms with Crippen LogP contribution in [0.25, 0.3) is 0 Å². The van der Waals surface area contributed by atoms with E-state index in [1.165, 1.54) is 18.4 Å². The Morgan fingerprint density at radius 3 is 3.00 bits per heavy atom. The van der Waals surface area contributed by atoms with Crippen molar-refractivity contribution in [3.8, 4) is 0 Å². The molecule has 0 amide bonds. The molecule has 0 spiro atoms. The number of hydrogen-bond acceptors (Lipinski definition) is 5. The van der Waals surface area contributed by atoms with Gasteiger partial charge in [0.2, 0.25) is 5.95 Å². The highest BCUT2D eigenvalue weighted by atomic mass is 32.1. The maximum absolute atomic E-state index is 4.54. The first-order valence-electron chi connectivity index (χ1n) is 6.15. The second kappa shape index (κ2) is 4.94. The maximum atomic E-state index is 4.54. The van der Waals surface area contributed by atoms with Gasteiger partial charge in [-0.05, 0) is 41.3 Å². The average Bonchev–Trinajstić information content (AvgIpc) is 3.13. The fraction of sp³-hybridized carbons (Fsp3) is 0.385. The van der Waals surface area contributed by atoms with Crippen LogP contribution in [0.15, 0.2) is 29.1 Å². The number of thiophene rings is 1. The Morgan fingerprint density at radius 1 is 1.44 bits per heavy atom. The fourth-order valence-electron chi connectivity index (χ4n) is 1.99. The van der Waals surface area contributed by atoms with Crippen LogP contribution in [-0.2, 0) is 6.54 Å². The summed E-state index contributed by atoms with van der Waals surface area (Å²) in [6.45, 7) is 0.939. The first-order valence-corrected chi connectivity index (χ1v) is 7.09. The van der Waals surface area contributed by atoms with Gasteiger partial charge < -0.3 is 10.2 Å². The Labute approximate surface area is 111 Å². The Balaban J connectivity index is 1.84. The molecule has 1 saturated carbocycles. The van der Waals surface area contributed by atoms with Gasteiger partial charge in [-0.2, -0.15) is 16.3 Å². The van der Waals surface area contributed by atoms with Crippen LogP contribution in [0.4, 0.5) is 11.8 Å². The molecule has 0 aromatic carbocycles. The summed E-state index contributed by atoms with van der Waals surface area (Å²) in [4.78, 5) is 11.1. The van der Waals surface area contributed by atoms with Gasteiger partial charge in [-0.15, -0.1) is 0 Å². The third kappa shape index (κ3) is 2.46. The maximum Gasteiger partial charge on any atom is 0.224 e. The summed E-state index contributed by atoms with van der Waals surface area (Å²) < 4.78 is 0. The van der Waals surface area contributed by atoms with Crippen molar-refractivity contribution in [1.82, 2.24) is 9.97 Å². The topological polar surface area (TPSA) is 41.1 Å². The molecule has 0 saturated heterocycles. The van der Waals surface area contributed by atoms with E-state index in [9.17, 15) is 0 Å². The van der Waals surface area contributed by atoms with Gasteiger partial charge in [-0.1, -0.05) is 0 Å². The van der Waals surface area contributed by atoms with E-state index in [4.69, 9.17) is 0 Å². The molecule has 2 aromatic heterocycles. The highest BCUT2D eigenvalue weighted by Crippen LogP contribution is 2.32. The second-order valence-corrected chi connectivity index (χ2v) is 5.26. The zero-order valence-corrected chi connectivity index (χ0v) is 11.2. The predicted molar refractivity (Wildman–Crippen MR) is 75.1 cm³/mol. The van der Waals surface area contributed by atoms with Crippen LogP contribution in [0.5, 0.6) is 0 Å². The predicted octanol–water partition coefficient (Wildman–Crippen LogP) is 2.75. The summed E-state index contributed by atoms with van der Waals surface area (Å²) in [5, 5.41) is 7.32. The summed E-state index contributed by atoms with van der Waals surface area (Å²) >= 11 is 1.74. The van der Waals surface area contributed by atoms with Crippen molar-refractivity contribution in [2.24, 2.45) is 0 Å². The Hall–Kier alpha value is -1.62. The molecule has 0 bridgehead atoms.